The van der Waals surface area contributed by atoms with Crippen LogP contribution in [0, 0.1) is 0 Å². The minimum Gasteiger partial charge on any atom is -0.598 e. The van der Waals surface area contributed by atoms with E-state index < -0.39 is 40.8 Å². The van der Waals surface area contributed by atoms with Gasteiger partial charge in [-0.1, -0.05) is 18.2 Å². The van der Waals surface area contributed by atoms with E-state index in [9.17, 15) is 22.5 Å². The first kappa shape index (κ1) is 20.6. The van der Waals surface area contributed by atoms with Crippen LogP contribution >= 0.6 is 0 Å². The predicted octanol–water partition coefficient (Wildman–Crippen LogP) is 3.15. The highest BCUT2D eigenvalue weighted by Crippen LogP contribution is 2.34. The van der Waals surface area contributed by atoms with Gasteiger partial charge in [-0.2, -0.15) is 13.2 Å². The molecule has 0 aliphatic rings. The number of alkyl carbamates (subject to hydrolysis) is 1. The van der Waals surface area contributed by atoms with Gasteiger partial charge >= 0.3 is 12.3 Å². The van der Waals surface area contributed by atoms with Crippen molar-refractivity contribution in [2.75, 3.05) is 12.8 Å². The van der Waals surface area contributed by atoms with E-state index in [4.69, 9.17) is 4.74 Å². The van der Waals surface area contributed by atoms with Gasteiger partial charge in [-0.05, 0) is 32.4 Å². The lowest BCUT2D eigenvalue weighted by molar-refractivity contribution is -0.138. The molecule has 1 amide bonds. The Hall–Kier alpha value is -1.45. The maximum atomic E-state index is 13.2. The smallest absolute Gasteiger partial charge is 0.416 e. The highest BCUT2D eigenvalue weighted by atomic mass is 32.2. The summed E-state index contributed by atoms with van der Waals surface area (Å²) in [7, 11) is 0. The van der Waals surface area contributed by atoms with E-state index in [1.165, 1.54) is 24.5 Å². The zero-order valence-electron chi connectivity index (χ0n) is 13.9. The molecular formula is C15H21F3N2O3S. The monoisotopic (exact) mass is 366 g/mol. The second kappa shape index (κ2) is 8.09. The second-order valence-electron chi connectivity index (χ2n) is 6.09. The van der Waals surface area contributed by atoms with Gasteiger partial charge in [-0.3, -0.25) is 0 Å². The van der Waals surface area contributed by atoms with E-state index in [1.807, 2.05) is 0 Å². The average molecular weight is 366 g/mol. The molecule has 2 unspecified atom stereocenters. The minimum atomic E-state index is -4.57. The molecule has 1 aromatic rings. The van der Waals surface area contributed by atoms with Crippen molar-refractivity contribution in [2.45, 2.75) is 38.6 Å². The number of hydrogen-bond donors (Lipinski definition) is 2. The molecule has 0 radical (unpaired) electrons. The van der Waals surface area contributed by atoms with Gasteiger partial charge in [0.05, 0.1) is 18.2 Å². The second-order valence-corrected chi connectivity index (χ2v) is 7.28. The molecular weight excluding hydrogens is 345 g/mol. The standard InChI is InChI=1S/C15H21F3N2O3S/c1-14(2,3)23-13(21)20-12(9-19-24(4)22)10-7-5-6-8-11(10)15(16,17)18/h5-8,12,19H,9H2,1-4H3,(H,20,21). The maximum Gasteiger partial charge on any atom is 0.416 e. The van der Waals surface area contributed by atoms with Crippen LogP contribution in [0.2, 0.25) is 0 Å². The summed E-state index contributed by atoms with van der Waals surface area (Å²) in [4.78, 5) is 11.9. The van der Waals surface area contributed by atoms with Crippen molar-refractivity contribution in [1.29, 1.82) is 0 Å². The van der Waals surface area contributed by atoms with E-state index in [0.717, 1.165) is 6.07 Å². The number of rotatable bonds is 5. The Balaban J connectivity index is 3.09. The Kier molecular flexibility index (Phi) is 6.94. The lowest BCUT2D eigenvalue weighted by Gasteiger charge is -2.25. The molecule has 0 spiro atoms. The van der Waals surface area contributed by atoms with Crippen LogP contribution in [0.3, 0.4) is 0 Å². The minimum absolute atomic E-state index is 0.131. The van der Waals surface area contributed by atoms with Gasteiger partial charge in [0, 0.05) is 11.4 Å². The van der Waals surface area contributed by atoms with Crippen molar-refractivity contribution in [3.63, 3.8) is 0 Å². The van der Waals surface area contributed by atoms with Crippen LogP contribution in [0.4, 0.5) is 18.0 Å². The molecule has 24 heavy (non-hydrogen) atoms. The number of alkyl halides is 3. The number of benzene rings is 1. The van der Waals surface area contributed by atoms with E-state index in [2.05, 4.69) is 10.0 Å². The number of carbonyl (C=O) groups is 1. The molecule has 1 rings (SSSR count). The Bertz CT molecular complexity index is 560. The maximum absolute atomic E-state index is 13.2. The van der Waals surface area contributed by atoms with Gasteiger partial charge in [0.25, 0.3) is 0 Å². The van der Waals surface area contributed by atoms with Gasteiger partial charge in [0.15, 0.2) is 0 Å². The molecule has 2 N–H and O–H groups in total. The number of carbonyl (C=O) groups excluding carboxylic acids is 1. The Labute approximate surface area is 142 Å². The van der Waals surface area contributed by atoms with Gasteiger partial charge < -0.3 is 14.6 Å². The van der Waals surface area contributed by atoms with Crippen LogP contribution in [-0.4, -0.2) is 29.0 Å². The van der Waals surface area contributed by atoms with E-state index in [-0.39, 0.29) is 12.1 Å². The summed E-state index contributed by atoms with van der Waals surface area (Å²) >= 11 is -1.44. The van der Waals surface area contributed by atoms with Crippen molar-refractivity contribution >= 4 is 17.5 Å². The molecule has 0 heterocycles. The fraction of sp³-hybridized carbons (Fsp3) is 0.533. The van der Waals surface area contributed by atoms with E-state index >= 15 is 0 Å². The highest BCUT2D eigenvalue weighted by Gasteiger charge is 2.35. The molecule has 1 aromatic carbocycles. The van der Waals surface area contributed by atoms with Crippen LogP contribution in [0.1, 0.15) is 37.9 Å². The summed E-state index contributed by atoms with van der Waals surface area (Å²) in [6, 6.07) is 3.86. The fourth-order valence-corrected chi connectivity index (χ4v) is 2.35. The summed E-state index contributed by atoms with van der Waals surface area (Å²) in [6.07, 6.45) is -4.08. The first-order chi connectivity index (χ1) is 10.9. The van der Waals surface area contributed by atoms with Crippen molar-refractivity contribution in [3.8, 4) is 0 Å². The van der Waals surface area contributed by atoms with E-state index in [1.54, 1.807) is 20.8 Å². The molecule has 0 fully saturated rings. The Morgan fingerprint density at radius 2 is 1.88 bits per heavy atom. The van der Waals surface area contributed by atoms with Crippen LogP contribution < -0.4 is 10.0 Å². The van der Waals surface area contributed by atoms with Gasteiger partial charge in [-0.15, -0.1) is 4.72 Å². The zero-order valence-corrected chi connectivity index (χ0v) is 14.7. The van der Waals surface area contributed by atoms with Crippen LogP contribution in [0.15, 0.2) is 24.3 Å². The molecule has 0 aliphatic heterocycles. The zero-order chi connectivity index (χ0) is 18.5. The van der Waals surface area contributed by atoms with E-state index in [0.29, 0.717) is 0 Å². The van der Waals surface area contributed by atoms with Gasteiger partial charge in [-0.25, -0.2) is 4.79 Å². The first-order valence-electron chi connectivity index (χ1n) is 7.12. The molecule has 0 bridgehead atoms. The topological polar surface area (TPSA) is 73.4 Å². The van der Waals surface area contributed by atoms with Gasteiger partial charge in [0.1, 0.15) is 11.9 Å². The first-order valence-corrected chi connectivity index (χ1v) is 8.68. The van der Waals surface area contributed by atoms with Crippen LogP contribution in [-0.2, 0) is 22.3 Å². The number of halogens is 3. The number of hydrogen-bond acceptors (Lipinski definition) is 4. The third-order valence-electron chi connectivity index (χ3n) is 2.82. The van der Waals surface area contributed by atoms with Crippen LogP contribution in [0.25, 0.3) is 0 Å². The summed E-state index contributed by atoms with van der Waals surface area (Å²) < 4.78 is 58.4. The average Bonchev–Trinajstić information content (AvgIpc) is 2.40. The molecule has 2 atom stereocenters. The SMILES string of the molecule is C[S+]([O-])NCC(NC(=O)OC(C)(C)C)c1ccccc1C(F)(F)F. The quantitative estimate of drug-likeness (QED) is 0.785. The largest absolute Gasteiger partial charge is 0.598 e. The molecule has 0 saturated heterocycles. The van der Waals surface area contributed by atoms with Crippen molar-refractivity contribution in [2.24, 2.45) is 0 Å². The number of amides is 1. The summed E-state index contributed by atoms with van der Waals surface area (Å²) in [5, 5.41) is 2.40. The van der Waals surface area contributed by atoms with Crippen molar-refractivity contribution in [1.82, 2.24) is 10.0 Å². The van der Waals surface area contributed by atoms with Crippen LogP contribution in [0.5, 0.6) is 0 Å². The lowest BCUT2D eigenvalue weighted by Crippen LogP contribution is -2.40. The summed E-state index contributed by atoms with van der Waals surface area (Å²) in [6.45, 7) is 4.79. The summed E-state index contributed by atoms with van der Waals surface area (Å²) in [5.74, 6) is 0. The molecule has 0 aromatic heterocycles. The number of nitrogens with one attached hydrogen (secondary N) is 2. The van der Waals surface area contributed by atoms with Gasteiger partial charge in [0.2, 0.25) is 0 Å². The normalized spacial score (nSPS) is 14.8. The third kappa shape index (κ3) is 6.98. The third-order valence-corrected chi connectivity index (χ3v) is 3.40. The highest BCUT2D eigenvalue weighted by molar-refractivity contribution is 7.88. The molecule has 5 nitrogen and oxygen atoms in total. The molecule has 136 valence electrons. The van der Waals surface area contributed by atoms with Crippen molar-refractivity contribution < 1.29 is 27.3 Å². The molecule has 9 heteroatoms. The van der Waals surface area contributed by atoms with Crippen molar-refractivity contribution in [3.05, 3.63) is 35.4 Å². The summed E-state index contributed by atoms with van der Waals surface area (Å²) in [5.41, 5.74) is -1.79. The number of ether oxygens (including phenoxy) is 1. The molecule has 0 saturated carbocycles. The lowest BCUT2D eigenvalue weighted by atomic mass is 10.00. The Morgan fingerprint density at radius 3 is 2.38 bits per heavy atom. The predicted molar refractivity (Wildman–Crippen MR) is 85.6 cm³/mol. The molecule has 0 aliphatic carbocycles. The fourth-order valence-electron chi connectivity index (χ4n) is 1.95. The Morgan fingerprint density at radius 1 is 1.29 bits per heavy atom.